The molecule has 0 aromatic carbocycles. The van der Waals surface area contributed by atoms with E-state index in [0.717, 1.165) is 5.57 Å². The normalized spacial score (nSPS) is 15.6. The van der Waals surface area contributed by atoms with Gasteiger partial charge in [0.2, 0.25) is 0 Å². The van der Waals surface area contributed by atoms with Gasteiger partial charge in [0.15, 0.2) is 0 Å². The average molecular weight is 287 g/mol. The molecule has 0 heterocycles. The second-order valence-corrected chi connectivity index (χ2v) is 6.04. The van der Waals surface area contributed by atoms with Gasteiger partial charge in [0.25, 0.3) is 0 Å². The Bertz CT molecular complexity index is 427. The molecule has 1 unspecified atom stereocenters. The van der Waals surface area contributed by atoms with Crippen LogP contribution in [0.5, 0.6) is 0 Å². The van der Waals surface area contributed by atoms with E-state index >= 15 is 0 Å². The molecule has 0 N–H and O–H groups in total. The van der Waals surface area contributed by atoms with Crippen LogP contribution in [0, 0.1) is 5.92 Å². The third-order valence-electron chi connectivity index (χ3n) is 3.66. The highest BCUT2D eigenvalue weighted by molar-refractivity contribution is 5.47. The molecule has 0 amide bonds. The highest BCUT2D eigenvalue weighted by atomic mass is 14.1. The van der Waals surface area contributed by atoms with Crippen LogP contribution in [0.3, 0.4) is 0 Å². The summed E-state index contributed by atoms with van der Waals surface area (Å²) in [6, 6.07) is 0. The van der Waals surface area contributed by atoms with Crippen molar-refractivity contribution in [1.29, 1.82) is 0 Å². The molecular formula is C21H34. The Morgan fingerprint density at radius 1 is 1.10 bits per heavy atom. The fraction of sp³-hybridized carbons (Fsp3) is 0.524. The SMILES string of the molecule is C=C(C)C(=C\C(C)=C/C)/C(C)=C/C(C)CC/C=C\CCC. The summed E-state index contributed by atoms with van der Waals surface area (Å²) in [5.41, 5.74) is 5.05. The quantitative estimate of drug-likeness (QED) is 0.311. The zero-order valence-corrected chi connectivity index (χ0v) is 15.0. The monoisotopic (exact) mass is 286 g/mol. The van der Waals surface area contributed by atoms with Crippen molar-refractivity contribution in [3.05, 3.63) is 59.3 Å². The molecule has 0 saturated heterocycles. The molecule has 0 heteroatoms. The fourth-order valence-corrected chi connectivity index (χ4v) is 2.25. The maximum Gasteiger partial charge on any atom is -0.0204 e. The molecule has 0 bridgehead atoms. The maximum absolute atomic E-state index is 4.12. The van der Waals surface area contributed by atoms with Gasteiger partial charge in [0, 0.05) is 0 Å². The molecule has 0 spiro atoms. The van der Waals surface area contributed by atoms with Gasteiger partial charge in [-0.2, -0.15) is 0 Å². The van der Waals surface area contributed by atoms with Crippen LogP contribution in [-0.4, -0.2) is 0 Å². The summed E-state index contributed by atoms with van der Waals surface area (Å²) in [7, 11) is 0. The average Bonchev–Trinajstić information content (AvgIpc) is 2.43. The largest absolute Gasteiger partial charge is 0.0955 e. The van der Waals surface area contributed by atoms with E-state index in [9.17, 15) is 0 Å². The molecule has 0 aliphatic carbocycles. The molecule has 0 rings (SSSR count). The lowest BCUT2D eigenvalue weighted by atomic mass is 9.94. The van der Waals surface area contributed by atoms with Gasteiger partial charge in [-0.3, -0.25) is 0 Å². The number of hydrogen-bond acceptors (Lipinski definition) is 0. The Morgan fingerprint density at radius 3 is 2.24 bits per heavy atom. The minimum Gasteiger partial charge on any atom is -0.0955 e. The van der Waals surface area contributed by atoms with Crippen molar-refractivity contribution in [2.75, 3.05) is 0 Å². The van der Waals surface area contributed by atoms with Gasteiger partial charge in [0.05, 0.1) is 0 Å². The van der Waals surface area contributed by atoms with Gasteiger partial charge in [-0.1, -0.05) is 68.4 Å². The van der Waals surface area contributed by atoms with Crippen LogP contribution in [0.15, 0.2) is 59.3 Å². The van der Waals surface area contributed by atoms with Crippen molar-refractivity contribution >= 4 is 0 Å². The van der Waals surface area contributed by atoms with E-state index in [0.29, 0.717) is 5.92 Å². The molecule has 0 aliphatic heterocycles. The first-order valence-corrected chi connectivity index (χ1v) is 8.26. The van der Waals surface area contributed by atoms with E-state index in [1.807, 2.05) is 0 Å². The molecule has 0 nitrogen and oxygen atoms in total. The third-order valence-corrected chi connectivity index (χ3v) is 3.66. The van der Waals surface area contributed by atoms with Gasteiger partial charge in [0.1, 0.15) is 0 Å². The molecule has 0 aromatic rings. The summed E-state index contributed by atoms with van der Waals surface area (Å²) >= 11 is 0. The van der Waals surface area contributed by atoms with Crippen LogP contribution in [0.2, 0.25) is 0 Å². The van der Waals surface area contributed by atoms with Crippen LogP contribution in [0.4, 0.5) is 0 Å². The van der Waals surface area contributed by atoms with E-state index in [-0.39, 0.29) is 0 Å². The van der Waals surface area contributed by atoms with Crippen molar-refractivity contribution in [3.63, 3.8) is 0 Å². The summed E-state index contributed by atoms with van der Waals surface area (Å²) in [6.45, 7) is 17.1. The van der Waals surface area contributed by atoms with Gasteiger partial charge in [-0.05, 0) is 64.0 Å². The number of unbranched alkanes of at least 4 members (excludes halogenated alkanes) is 1. The van der Waals surface area contributed by atoms with Crippen molar-refractivity contribution in [2.45, 2.75) is 67.2 Å². The van der Waals surface area contributed by atoms with Crippen molar-refractivity contribution in [2.24, 2.45) is 5.92 Å². The minimum absolute atomic E-state index is 0.602. The Hall–Kier alpha value is -1.30. The second-order valence-electron chi connectivity index (χ2n) is 6.04. The first-order chi connectivity index (χ1) is 9.92. The van der Waals surface area contributed by atoms with E-state index in [4.69, 9.17) is 0 Å². The molecule has 0 aromatic heterocycles. The topological polar surface area (TPSA) is 0 Å². The predicted molar refractivity (Wildman–Crippen MR) is 98.5 cm³/mol. The molecule has 1 atom stereocenters. The van der Waals surface area contributed by atoms with Crippen molar-refractivity contribution in [1.82, 2.24) is 0 Å². The predicted octanol–water partition coefficient (Wildman–Crippen LogP) is 7.17. The summed E-state index contributed by atoms with van der Waals surface area (Å²) in [5, 5.41) is 0. The highest BCUT2D eigenvalue weighted by Crippen LogP contribution is 2.22. The van der Waals surface area contributed by atoms with E-state index in [2.05, 4.69) is 78.5 Å². The zero-order chi connectivity index (χ0) is 16.3. The summed E-state index contributed by atoms with van der Waals surface area (Å²) in [4.78, 5) is 0. The van der Waals surface area contributed by atoms with E-state index in [1.165, 1.54) is 42.4 Å². The molecular weight excluding hydrogens is 252 g/mol. The molecule has 0 fully saturated rings. The first kappa shape index (κ1) is 19.7. The lowest BCUT2D eigenvalue weighted by Gasteiger charge is -2.12. The smallest absolute Gasteiger partial charge is 0.0204 e. The van der Waals surface area contributed by atoms with E-state index < -0.39 is 0 Å². The third kappa shape index (κ3) is 9.28. The first-order valence-electron chi connectivity index (χ1n) is 8.26. The fourth-order valence-electron chi connectivity index (χ4n) is 2.25. The molecule has 21 heavy (non-hydrogen) atoms. The summed E-state index contributed by atoms with van der Waals surface area (Å²) in [6.07, 6.45) is 16.2. The Morgan fingerprint density at radius 2 is 1.71 bits per heavy atom. The van der Waals surface area contributed by atoms with Crippen molar-refractivity contribution < 1.29 is 0 Å². The highest BCUT2D eigenvalue weighted by Gasteiger charge is 2.04. The van der Waals surface area contributed by atoms with Crippen LogP contribution < -0.4 is 0 Å². The van der Waals surface area contributed by atoms with Crippen LogP contribution in [0.1, 0.15) is 67.2 Å². The molecule has 0 saturated carbocycles. The van der Waals surface area contributed by atoms with Gasteiger partial charge >= 0.3 is 0 Å². The Kier molecular flexibility index (Phi) is 10.7. The van der Waals surface area contributed by atoms with Gasteiger partial charge in [-0.15, -0.1) is 0 Å². The lowest BCUT2D eigenvalue weighted by molar-refractivity contribution is 0.653. The van der Waals surface area contributed by atoms with Crippen LogP contribution in [-0.2, 0) is 0 Å². The van der Waals surface area contributed by atoms with Crippen LogP contribution in [0.25, 0.3) is 0 Å². The standard InChI is InChI=1S/C21H34/c1-8-10-11-12-13-14-19(6)15-20(7)21(17(3)4)16-18(5)9-2/h9,11-12,15-16,19H,3,8,10,13-14H2,1-2,4-7H3/b12-11-,18-9-,20-15+,21-16+. The molecule has 0 aliphatic rings. The van der Waals surface area contributed by atoms with Gasteiger partial charge < -0.3 is 0 Å². The number of hydrogen-bond donors (Lipinski definition) is 0. The Balaban J connectivity index is 4.74. The lowest BCUT2D eigenvalue weighted by Crippen LogP contribution is -1.94. The second kappa shape index (κ2) is 11.4. The number of rotatable bonds is 9. The summed E-state index contributed by atoms with van der Waals surface area (Å²) in [5.74, 6) is 0.602. The molecule has 0 radical (unpaired) electrons. The van der Waals surface area contributed by atoms with Gasteiger partial charge in [-0.25, -0.2) is 0 Å². The number of allylic oxidation sites excluding steroid dienone is 9. The maximum atomic E-state index is 4.12. The minimum atomic E-state index is 0.602. The van der Waals surface area contributed by atoms with Crippen LogP contribution >= 0.6 is 0 Å². The Labute approximate surface area is 133 Å². The zero-order valence-electron chi connectivity index (χ0n) is 15.0. The van der Waals surface area contributed by atoms with Crippen molar-refractivity contribution in [3.8, 4) is 0 Å². The van der Waals surface area contributed by atoms with E-state index in [1.54, 1.807) is 0 Å². The molecule has 118 valence electrons. The summed E-state index contributed by atoms with van der Waals surface area (Å²) < 4.78 is 0.